The van der Waals surface area contributed by atoms with Gasteiger partial charge in [0.15, 0.2) is 0 Å². The molecule has 1 heterocycles. The summed E-state index contributed by atoms with van der Waals surface area (Å²) in [5.41, 5.74) is 0.998. The first kappa shape index (κ1) is 13.5. The monoisotopic (exact) mass is 264 g/mol. The van der Waals surface area contributed by atoms with Crippen molar-refractivity contribution in [2.75, 3.05) is 13.2 Å². The molecule has 1 saturated heterocycles. The lowest BCUT2D eigenvalue weighted by atomic mass is 10.1. The molecule has 1 aliphatic rings. The van der Waals surface area contributed by atoms with E-state index in [-0.39, 0.29) is 12.5 Å². The minimum atomic E-state index is -0.863. The van der Waals surface area contributed by atoms with Crippen LogP contribution in [0.4, 0.5) is 0 Å². The first-order chi connectivity index (χ1) is 9.20. The average Bonchev–Trinajstić information content (AvgIpc) is 2.43. The molecule has 3 N–H and O–H groups in total. The van der Waals surface area contributed by atoms with Crippen molar-refractivity contribution in [2.24, 2.45) is 0 Å². The molecule has 0 saturated carbocycles. The van der Waals surface area contributed by atoms with Crippen molar-refractivity contribution in [3.63, 3.8) is 0 Å². The SMILES string of the molecule is O=C1N[C@H](CO)C(=O)N[C@H]1COCc1ccccc1. The van der Waals surface area contributed by atoms with E-state index in [1.165, 1.54) is 0 Å². The van der Waals surface area contributed by atoms with Gasteiger partial charge in [0.05, 0.1) is 19.8 Å². The lowest BCUT2D eigenvalue weighted by Gasteiger charge is -2.28. The molecule has 102 valence electrons. The Morgan fingerprint density at radius 3 is 2.37 bits per heavy atom. The van der Waals surface area contributed by atoms with Crippen molar-refractivity contribution in [3.8, 4) is 0 Å². The molecule has 0 radical (unpaired) electrons. The van der Waals surface area contributed by atoms with Gasteiger partial charge in [-0.2, -0.15) is 0 Å². The second-order valence-electron chi connectivity index (χ2n) is 4.31. The summed E-state index contributed by atoms with van der Waals surface area (Å²) >= 11 is 0. The number of aliphatic hydroxyl groups is 1. The van der Waals surface area contributed by atoms with Gasteiger partial charge in [0.2, 0.25) is 11.8 Å². The number of piperazine rings is 1. The number of carbonyl (C=O) groups is 2. The van der Waals surface area contributed by atoms with Crippen molar-refractivity contribution in [1.82, 2.24) is 10.6 Å². The zero-order valence-electron chi connectivity index (χ0n) is 10.3. The third-order valence-electron chi connectivity index (χ3n) is 2.84. The van der Waals surface area contributed by atoms with Crippen LogP contribution < -0.4 is 10.6 Å². The van der Waals surface area contributed by atoms with Crippen molar-refractivity contribution in [3.05, 3.63) is 35.9 Å². The quantitative estimate of drug-likeness (QED) is 0.648. The fourth-order valence-electron chi connectivity index (χ4n) is 1.79. The third-order valence-corrected chi connectivity index (χ3v) is 2.84. The number of hydrogen-bond donors (Lipinski definition) is 3. The van der Waals surface area contributed by atoms with E-state index in [0.29, 0.717) is 6.61 Å². The zero-order chi connectivity index (χ0) is 13.7. The van der Waals surface area contributed by atoms with E-state index in [1.807, 2.05) is 30.3 Å². The molecule has 19 heavy (non-hydrogen) atoms. The van der Waals surface area contributed by atoms with Gasteiger partial charge in [0.1, 0.15) is 12.1 Å². The molecule has 1 aliphatic heterocycles. The van der Waals surface area contributed by atoms with E-state index in [9.17, 15) is 9.59 Å². The van der Waals surface area contributed by atoms with Gasteiger partial charge in [0.25, 0.3) is 0 Å². The first-order valence-electron chi connectivity index (χ1n) is 6.04. The van der Waals surface area contributed by atoms with E-state index in [0.717, 1.165) is 5.56 Å². The number of carbonyl (C=O) groups excluding carboxylic acids is 2. The molecule has 1 aromatic carbocycles. The maximum Gasteiger partial charge on any atom is 0.245 e. The summed E-state index contributed by atoms with van der Waals surface area (Å²) in [5.74, 6) is -0.734. The highest BCUT2D eigenvalue weighted by Crippen LogP contribution is 2.03. The number of aliphatic hydroxyl groups excluding tert-OH is 1. The van der Waals surface area contributed by atoms with Crippen molar-refractivity contribution in [2.45, 2.75) is 18.7 Å². The molecular formula is C13H16N2O4. The van der Waals surface area contributed by atoms with Gasteiger partial charge in [-0.05, 0) is 5.56 Å². The molecule has 0 aliphatic carbocycles. The minimum Gasteiger partial charge on any atom is -0.394 e. The highest BCUT2D eigenvalue weighted by atomic mass is 16.5. The Balaban J connectivity index is 1.80. The predicted molar refractivity (Wildman–Crippen MR) is 67.0 cm³/mol. The lowest BCUT2D eigenvalue weighted by Crippen LogP contribution is -2.64. The fourth-order valence-corrected chi connectivity index (χ4v) is 1.79. The molecule has 2 amide bonds. The Bertz CT molecular complexity index is 449. The summed E-state index contributed by atoms with van der Waals surface area (Å²) in [7, 11) is 0. The van der Waals surface area contributed by atoms with E-state index in [1.54, 1.807) is 0 Å². The van der Waals surface area contributed by atoms with E-state index in [4.69, 9.17) is 9.84 Å². The molecule has 0 spiro atoms. The third kappa shape index (κ3) is 3.52. The number of hydrogen-bond acceptors (Lipinski definition) is 4. The molecule has 0 unspecified atom stereocenters. The number of ether oxygens (including phenoxy) is 1. The van der Waals surface area contributed by atoms with Crippen LogP contribution in [-0.4, -0.2) is 42.2 Å². The van der Waals surface area contributed by atoms with Crippen LogP contribution in [0.2, 0.25) is 0 Å². The average molecular weight is 264 g/mol. The first-order valence-corrected chi connectivity index (χ1v) is 6.04. The highest BCUT2D eigenvalue weighted by molar-refractivity contribution is 5.97. The van der Waals surface area contributed by atoms with Crippen LogP contribution in [0.5, 0.6) is 0 Å². The lowest BCUT2D eigenvalue weighted by molar-refractivity contribution is -0.139. The molecule has 0 bridgehead atoms. The van der Waals surface area contributed by atoms with Crippen LogP contribution in [0.1, 0.15) is 5.56 Å². The van der Waals surface area contributed by atoms with E-state index in [2.05, 4.69) is 10.6 Å². The molecule has 6 heteroatoms. The van der Waals surface area contributed by atoms with Crippen LogP contribution in [-0.2, 0) is 20.9 Å². The molecule has 1 fully saturated rings. The Morgan fingerprint density at radius 1 is 1.05 bits per heavy atom. The second-order valence-corrected chi connectivity index (χ2v) is 4.31. The van der Waals surface area contributed by atoms with Gasteiger partial charge in [-0.15, -0.1) is 0 Å². The van der Waals surface area contributed by atoms with Gasteiger partial charge < -0.3 is 20.5 Å². The largest absolute Gasteiger partial charge is 0.394 e. The summed E-state index contributed by atoms with van der Waals surface area (Å²) in [6.45, 7) is 0.0731. The normalized spacial score (nSPS) is 22.8. The molecule has 2 rings (SSSR count). The number of benzene rings is 1. The highest BCUT2D eigenvalue weighted by Gasteiger charge is 2.33. The number of rotatable bonds is 5. The maximum atomic E-state index is 11.6. The maximum absolute atomic E-state index is 11.6. The number of nitrogens with one attached hydrogen (secondary N) is 2. The summed E-state index contributed by atoms with van der Waals surface area (Å²) in [6.07, 6.45) is 0. The Hall–Kier alpha value is -1.92. The van der Waals surface area contributed by atoms with Crippen LogP contribution in [0.3, 0.4) is 0 Å². The Kier molecular flexibility index (Phi) is 4.48. The predicted octanol–water partition coefficient (Wildman–Crippen LogP) is -0.821. The number of amides is 2. The van der Waals surface area contributed by atoms with E-state index < -0.39 is 24.6 Å². The van der Waals surface area contributed by atoms with Gasteiger partial charge in [-0.1, -0.05) is 30.3 Å². The minimum absolute atomic E-state index is 0.102. The zero-order valence-corrected chi connectivity index (χ0v) is 10.3. The van der Waals surface area contributed by atoms with Gasteiger partial charge in [0, 0.05) is 0 Å². The molecule has 2 atom stereocenters. The van der Waals surface area contributed by atoms with Crippen LogP contribution >= 0.6 is 0 Å². The molecule has 6 nitrogen and oxygen atoms in total. The van der Waals surface area contributed by atoms with Crippen molar-refractivity contribution in [1.29, 1.82) is 0 Å². The van der Waals surface area contributed by atoms with Crippen molar-refractivity contribution >= 4 is 11.8 Å². The second kappa shape index (κ2) is 6.31. The summed E-state index contributed by atoms with van der Waals surface area (Å²) in [4.78, 5) is 23.1. The molecular weight excluding hydrogens is 248 g/mol. The summed E-state index contributed by atoms with van der Waals surface area (Å²) in [5, 5.41) is 13.8. The summed E-state index contributed by atoms with van der Waals surface area (Å²) in [6, 6.07) is 7.98. The summed E-state index contributed by atoms with van der Waals surface area (Å²) < 4.78 is 5.41. The van der Waals surface area contributed by atoms with Crippen LogP contribution in [0.25, 0.3) is 0 Å². The Morgan fingerprint density at radius 2 is 1.68 bits per heavy atom. The standard InChI is InChI=1S/C13H16N2O4/c16-6-10-12(17)15-11(13(18)14-10)8-19-7-9-4-2-1-3-5-9/h1-5,10-11,16H,6-8H2,(H,14,18)(H,15,17)/t10-,11+/m1/s1. The van der Waals surface area contributed by atoms with Crippen LogP contribution in [0, 0.1) is 0 Å². The van der Waals surface area contributed by atoms with Crippen molar-refractivity contribution < 1.29 is 19.4 Å². The molecule has 0 aromatic heterocycles. The van der Waals surface area contributed by atoms with Crippen LogP contribution in [0.15, 0.2) is 30.3 Å². The van der Waals surface area contributed by atoms with Gasteiger partial charge in [-0.25, -0.2) is 0 Å². The Labute approximate surface area is 110 Å². The smallest absolute Gasteiger partial charge is 0.245 e. The fraction of sp³-hybridized carbons (Fsp3) is 0.385. The van der Waals surface area contributed by atoms with Gasteiger partial charge >= 0.3 is 0 Å². The van der Waals surface area contributed by atoms with E-state index >= 15 is 0 Å². The topological polar surface area (TPSA) is 87.7 Å². The molecule has 1 aromatic rings. The van der Waals surface area contributed by atoms with Gasteiger partial charge in [-0.3, -0.25) is 9.59 Å².